The Balaban J connectivity index is 2.12. The standard InChI is InChI=1S/C22H20BrClN2/c1-14-12-22(2,3)26(4)21-11-20(24)16(10-19(14)21)9-17(13-25)15-5-7-18(23)8-6-15/h5-12H,1-4H3/b17-9+. The Morgan fingerprint density at radius 3 is 2.50 bits per heavy atom. The van der Waals surface area contributed by atoms with Gasteiger partial charge in [0.2, 0.25) is 0 Å². The van der Waals surface area contributed by atoms with E-state index in [1.807, 2.05) is 36.4 Å². The molecule has 1 heterocycles. The molecule has 0 spiro atoms. The minimum Gasteiger partial charge on any atom is -0.365 e. The summed E-state index contributed by atoms with van der Waals surface area (Å²) in [6, 6.07) is 14.1. The molecule has 0 fully saturated rings. The van der Waals surface area contributed by atoms with Crippen LogP contribution in [0.3, 0.4) is 0 Å². The van der Waals surface area contributed by atoms with Crippen molar-refractivity contribution in [3.63, 3.8) is 0 Å². The number of benzene rings is 2. The quantitative estimate of drug-likeness (QED) is 0.389. The fraction of sp³-hybridized carbons (Fsp3) is 0.227. The molecule has 26 heavy (non-hydrogen) atoms. The van der Waals surface area contributed by atoms with Crippen molar-refractivity contribution in [2.75, 3.05) is 11.9 Å². The smallest absolute Gasteiger partial charge is 0.0998 e. The second-order valence-electron chi connectivity index (χ2n) is 7.11. The largest absolute Gasteiger partial charge is 0.365 e. The molecule has 0 amide bonds. The summed E-state index contributed by atoms with van der Waals surface area (Å²) in [6.07, 6.45) is 4.12. The van der Waals surface area contributed by atoms with Crippen molar-refractivity contribution in [2.45, 2.75) is 26.3 Å². The van der Waals surface area contributed by atoms with E-state index in [0.29, 0.717) is 10.6 Å². The summed E-state index contributed by atoms with van der Waals surface area (Å²) in [5.74, 6) is 0. The second kappa shape index (κ2) is 6.95. The van der Waals surface area contributed by atoms with E-state index in [2.05, 4.69) is 66.9 Å². The number of hydrogen-bond acceptors (Lipinski definition) is 2. The molecular weight excluding hydrogens is 408 g/mol. The number of anilines is 1. The van der Waals surface area contributed by atoms with Gasteiger partial charge in [-0.1, -0.05) is 45.7 Å². The lowest BCUT2D eigenvalue weighted by molar-refractivity contribution is 0.598. The van der Waals surface area contributed by atoms with E-state index in [1.165, 1.54) is 5.57 Å². The number of likely N-dealkylation sites (N-methyl/N-ethyl adjacent to an activating group) is 1. The number of halogens is 2. The van der Waals surface area contributed by atoms with Gasteiger partial charge in [0.25, 0.3) is 0 Å². The molecule has 2 aromatic carbocycles. The fourth-order valence-corrected chi connectivity index (χ4v) is 3.74. The minimum absolute atomic E-state index is 0.0625. The average Bonchev–Trinajstić information content (AvgIpc) is 2.59. The monoisotopic (exact) mass is 426 g/mol. The maximum absolute atomic E-state index is 9.61. The summed E-state index contributed by atoms with van der Waals surface area (Å²) < 4.78 is 0.983. The van der Waals surface area contributed by atoms with Crippen LogP contribution in [-0.2, 0) is 0 Å². The lowest BCUT2D eigenvalue weighted by Crippen LogP contribution is -2.42. The van der Waals surface area contributed by atoms with E-state index >= 15 is 0 Å². The van der Waals surface area contributed by atoms with Crippen molar-refractivity contribution in [1.82, 2.24) is 0 Å². The van der Waals surface area contributed by atoms with Crippen LogP contribution in [-0.4, -0.2) is 12.6 Å². The van der Waals surface area contributed by atoms with E-state index < -0.39 is 0 Å². The first-order chi connectivity index (χ1) is 12.2. The van der Waals surface area contributed by atoms with Crippen LogP contribution in [0.2, 0.25) is 5.02 Å². The number of hydrogen-bond donors (Lipinski definition) is 0. The molecule has 0 unspecified atom stereocenters. The van der Waals surface area contributed by atoms with Gasteiger partial charge in [-0.3, -0.25) is 0 Å². The summed E-state index contributed by atoms with van der Waals surface area (Å²) in [5, 5.41) is 10.3. The first kappa shape index (κ1) is 18.8. The zero-order chi connectivity index (χ0) is 19.1. The first-order valence-electron chi connectivity index (χ1n) is 8.38. The van der Waals surface area contributed by atoms with Gasteiger partial charge in [-0.15, -0.1) is 0 Å². The van der Waals surface area contributed by atoms with E-state index in [-0.39, 0.29) is 5.54 Å². The van der Waals surface area contributed by atoms with Crippen LogP contribution in [0, 0.1) is 11.3 Å². The van der Waals surface area contributed by atoms with Gasteiger partial charge in [0.15, 0.2) is 0 Å². The molecule has 0 radical (unpaired) electrons. The molecule has 1 aliphatic rings. The molecule has 0 saturated carbocycles. The molecule has 2 nitrogen and oxygen atoms in total. The van der Waals surface area contributed by atoms with E-state index in [1.54, 1.807) is 0 Å². The van der Waals surface area contributed by atoms with Crippen LogP contribution < -0.4 is 4.90 Å². The molecule has 3 rings (SSSR count). The Morgan fingerprint density at radius 1 is 1.23 bits per heavy atom. The van der Waals surface area contributed by atoms with Crippen LogP contribution in [0.15, 0.2) is 46.9 Å². The highest BCUT2D eigenvalue weighted by Crippen LogP contribution is 2.41. The number of nitriles is 1. The number of rotatable bonds is 2. The molecule has 2 aromatic rings. The molecule has 0 atom stereocenters. The van der Waals surface area contributed by atoms with Crippen LogP contribution in [0.4, 0.5) is 5.69 Å². The highest BCUT2D eigenvalue weighted by atomic mass is 79.9. The normalized spacial score (nSPS) is 16.0. The SMILES string of the molecule is CC1=CC(C)(C)N(C)c2cc(Cl)c(/C=C(\C#N)c3ccc(Br)cc3)cc21. The van der Waals surface area contributed by atoms with E-state index in [0.717, 1.165) is 26.9 Å². The highest BCUT2D eigenvalue weighted by molar-refractivity contribution is 9.10. The minimum atomic E-state index is -0.0625. The summed E-state index contributed by atoms with van der Waals surface area (Å²) in [6.45, 7) is 6.49. The fourth-order valence-electron chi connectivity index (χ4n) is 3.26. The summed E-state index contributed by atoms with van der Waals surface area (Å²) in [7, 11) is 2.08. The van der Waals surface area contributed by atoms with Gasteiger partial charge in [-0.2, -0.15) is 5.26 Å². The third-order valence-electron chi connectivity index (χ3n) is 4.91. The van der Waals surface area contributed by atoms with Crippen molar-refractivity contribution in [3.05, 3.63) is 68.7 Å². The van der Waals surface area contributed by atoms with Crippen molar-refractivity contribution in [3.8, 4) is 6.07 Å². The van der Waals surface area contributed by atoms with Crippen molar-refractivity contribution in [1.29, 1.82) is 5.26 Å². The van der Waals surface area contributed by atoms with Gasteiger partial charge < -0.3 is 4.90 Å². The van der Waals surface area contributed by atoms with Crippen molar-refractivity contribution >= 4 is 50.4 Å². The van der Waals surface area contributed by atoms with Crippen LogP contribution >= 0.6 is 27.5 Å². The van der Waals surface area contributed by atoms with Crippen molar-refractivity contribution in [2.24, 2.45) is 0 Å². The highest BCUT2D eigenvalue weighted by Gasteiger charge is 2.29. The number of nitrogens with zero attached hydrogens (tertiary/aromatic N) is 2. The third-order valence-corrected chi connectivity index (χ3v) is 5.77. The van der Waals surface area contributed by atoms with Gasteiger partial charge >= 0.3 is 0 Å². The van der Waals surface area contributed by atoms with Gasteiger partial charge in [-0.05, 0) is 67.8 Å². The number of allylic oxidation sites excluding steroid dienone is 2. The molecule has 4 heteroatoms. The second-order valence-corrected chi connectivity index (χ2v) is 8.43. The summed E-state index contributed by atoms with van der Waals surface area (Å²) in [5.41, 5.74) is 5.73. The van der Waals surface area contributed by atoms with Crippen LogP contribution in [0.5, 0.6) is 0 Å². The molecule has 0 bridgehead atoms. The lowest BCUT2D eigenvalue weighted by atomic mass is 9.88. The van der Waals surface area contributed by atoms with E-state index in [4.69, 9.17) is 11.6 Å². The summed E-state index contributed by atoms with van der Waals surface area (Å²) >= 11 is 10.00. The molecule has 0 aliphatic carbocycles. The Morgan fingerprint density at radius 2 is 1.88 bits per heavy atom. The van der Waals surface area contributed by atoms with Crippen molar-refractivity contribution < 1.29 is 0 Å². The molecule has 1 aliphatic heterocycles. The zero-order valence-electron chi connectivity index (χ0n) is 15.3. The predicted molar refractivity (Wildman–Crippen MR) is 115 cm³/mol. The molecular formula is C22H20BrClN2. The van der Waals surface area contributed by atoms with Gasteiger partial charge in [0, 0.05) is 27.8 Å². The lowest BCUT2D eigenvalue weighted by Gasteiger charge is -2.40. The molecule has 0 saturated heterocycles. The maximum Gasteiger partial charge on any atom is 0.0998 e. The average molecular weight is 428 g/mol. The van der Waals surface area contributed by atoms with Gasteiger partial charge in [0.05, 0.1) is 17.2 Å². The topological polar surface area (TPSA) is 27.0 Å². The molecule has 0 aromatic heterocycles. The maximum atomic E-state index is 9.61. The van der Waals surface area contributed by atoms with Gasteiger partial charge in [0.1, 0.15) is 0 Å². The molecule has 132 valence electrons. The Kier molecular flexibility index (Phi) is 5.01. The van der Waals surface area contributed by atoms with Crippen LogP contribution in [0.25, 0.3) is 17.2 Å². The Hall–Kier alpha value is -2.02. The van der Waals surface area contributed by atoms with E-state index in [9.17, 15) is 5.26 Å². The Bertz CT molecular complexity index is 963. The predicted octanol–water partition coefficient (Wildman–Crippen LogP) is 6.80. The summed E-state index contributed by atoms with van der Waals surface area (Å²) in [4.78, 5) is 2.23. The third kappa shape index (κ3) is 3.45. The van der Waals surface area contributed by atoms with Gasteiger partial charge in [-0.25, -0.2) is 0 Å². The Labute approximate surface area is 168 Å². The molecule has 0 N–H and O–H groups in total. The first-order valence-corrected chi connectivity index (χ1v) is 9.55. The zero-order valence-corrected chi connectivity index (χ0v) is 17.6. The number of fused-ring (bicyclic) bond motifs is 1. The van der Waals surface area contributed by atoms with Crippen LogP contribution in [0.1, 0.15) is 37.5 Å².